The van der Waals surface area contributed by atoms with E-state index in [1.165, 1.54) is 23.5 Å². The standard InChI is InChI=1S/C33H32FN3O4S/c1-5-36(6-2)32(39)29-21(3)35-33-37(30(29)25-12-8-10-14-27(25)40-4)31(38)28(42-33)19-23-11-7-9-13-26(23)41-20-22-15-17-24(34)18-16-22/h7-19,30H,5-6,20H2,1-4H3/b28-19+. The fourth-order valence-electron chi connectivity index (χ4n) is 5.08. The highest BCUT2D eigenvalue weighted by atomic mass is 32.1. The number of thiazole rings is 1. The summed E-state index contributed by atoms with van der Waals surface area (Å²) in [6.45, 7) is 6.99. The van der Waals surface area contributed by atoms with E-state index in [1.807, 2.05) is 69.3 Å². The van der Waals surface area contributed by atoms with Gasteiger partial charge in [-0.2, -0.15) is 0 Å². The van der Waals surface area contributed by atoms with Crippen LogP contribution >= 0.6 is 11.3 Å². The van der Waals surface area contributed by atoms with Crippen molar-refractivity contribution in [3.05, 3.63) is 126 Å². The molecule has 7 nitrogen and oxygen atoms in total. The minimum atomic E-state index is -0.711. The average Bonchev–Trinajstić information content (AvgIpc) is 3.31. The number of hydrogen-bond acceptors (Lipinski definition) is 6. The number of likely N-dealkylation sites (N-methyl/N-ethyl adjacent to an activating group) is 1. The molecule has 42 heavy (non-hydrogen) atoms. The summed E-state index contributed by atoms with van der Waals surface area (Å²) in [5.74, 6) is 0.697. The molecule has 4 aromatic rings. The third kappa shape index (κ3) is 5.65. The minimum Gasteiger partial charge on any atom is -0.496 e. The summed E-state index contributed by atoms with van der Waals surface area (Å²) in [6, 6.07) is 20.3. The predicted molar refractivity (Wildman–Crippen MR) is 162 cm³/mol. The smallest absolute Gasteiger partial charge is 0.271 e. The zero-order valence-corrected chi connectivity index (χ0v) is 24.8. The molecule has 1 unspecified atom stereocenters. The average molecular weight is 586 g/mol. The first-order valence-electron chi connectivity index (χ1n) is 13.8. The molecule has 0 N–H and O–H groups in total. The Morgan fingerprint density at radius 3 is 2.38 bits per heavy atom. The molecule has 0 bridgehead atoms. The number of aromatic nitrogens is 1. The van der Waals surface area contributed by atoms with Crippen LogP contribution in [0, 0.1) is 5.82 Å². The molecule has 1 aromatic heterocycles. The summed E-state index contributed by atoms with van der Waals surface area (Å²) in [6.07, 6.45) is 1.79. The van der Waals surface area contributed by atoms with Crippen molar-refractivity contribution in [1.82, 2.24) is 9.47 Å². The van der Waals surface area contributed by atoms with Crippen LogP contribution in [0.25, 0.3) is 6.08 Å². The zero-order valence-electron chi connectivity index (χ0n) is 24.0. The first kappa shape index (κ1) is 29.0. The number of halogens is 1. The Morgan fingerprint density at radius 1 is 1.02 bits per heavy atom. The van der Waals surface area contributed by atoms with Crippen molar-refractivity contribution < 1.29 is 18.7 Å². The lowest BCUT2D eigenvalue weighted by atomic mass is 9.94. The molecule has 1 atom stereocenters. The molecule has 1 aliphatic rings. The van der Waals surface area contributed by atoms with Gasteiger partial charge in [-0.3, -0.25) is 14.2 Å². The Morgan fingerprint density at radius 2 is 1.69 bits per heavy atom. The van der Waals surface area contributed by atoms with Gasteiger partial charge in [0.05, 0.1) is 22.9 Å². The molecule has 0 fully saturated rings. The van der Waals surface area contributed by atoms with Crippen molar-refractivity contribution in [2.75, 3.05) is 20.2 Å². The summed E-state index contributed by atoms with van der Waals surface area (Å²) >= 11 is 1.26. The monoisotopic (exact) mass is 585 g/mol. The first-order chi connectivity index (χ1) is 20.4. The van der Waals surface area contributed by atoms with Gasteiger partial charge in [-0.1, -0.05) is 59.9 Å². The van der Waals surface area contributed by atoms with Crippen LogP contribution in [0.1, 0.15) is 43.5 Å². The normalized spacial score (nSPS) is 14.8. The van der Waals surface area contributed by atoms with E-state index < -0.39 is 6.04 Å². The lowest BCUT2D eigenvalue weighted by Crippen LogP contribution is -2.43. The van der Waals surface area contributed by atoms with Crippen molar-refractivity contribution >= 4 is 23.3 Å². The minimum absolute atomic E-state index is 0.161. The van der Waals surface area contributed by atoms with Crippen LogP contribution in [0.15, 0.2) is 93.9 Å². The Hall–Kier alpha value is -4.50. The number of fused-ring (bicyclic) bond motifs is 1. The highest BCUT2D eigenvalue weighted by Crippen LogP contribution is 2.36. The summed E-state index contributed by atoms with van der Waals surface area (Å²) in [5.41, 5.74) is 3.00. The Labute approximate surface area is 247 Å². The third-order valence-electron chi connectivity index (χ3n) is 7.25. The van der Waals surface area contributed by atoms with Crippen LogP contribution in [-0.2, 0) is 11.4 Å². The maximum absolute atomic E-state index is 14.1. The molecular formula is C33H32FN3O4S. The highest BCUT2D eigenvalue weighted by molar-refractivity contribution is 7.07. The van der Waals surface area contributed by atoms with Crippen LogP contribution < -0.4 is 24.4 Å². The maximum atomic E-state index is 14.1. The molecule has 3 aromatic carbocycles. The van der Waals surface area contributed by atoms with E-state index in [0.717, 1.165) is 5.56 Å². The third-order valence-corrected chi connectivity index (χ3v) is 8.23. The van der Waals surface area contributed by atoms with Crippen molar-refractivity contribution in [2.45, 2.75) is 33.4 Å². The van der Waals surface area contributed by atoms with Crippen LogP contribution in [0.2, 0.25) is 0 Å². The second-order valence-electron chi connectivity index (χ2n) is 9.75. The van der Waals surface area contributed by atoms with E-state index in [4.69, 9.17) is 14.5 Å². The van der Waals surface area contributed by atoms with E-state index in [0.29, 0.717) is 56.3 Å². The van der Waals surface area contributed by atoms with Crippen LogP contribution in [0.5, 0.6) is 11.5 Å². The molecule has 216 valence electrons. The lowest BCUT2D eigenvalue weighted by Gasteiger charge is -2.29. The van der Waals surface area contributed by atoms with Gasteiger partial charge in [0, 0.05) is 24.2 Å². The van der Waals surface area contributed by atoms with Gasteiger partial charge in [-0.15, -0.1) is 0 Å². The van der Waals surface area contributed by atoms with Crippen LogP contribution in [0.3, 0.4) is 0 Å². The Bertz CT molecular complexity index is 1820. The van der Waals surface area contributed by atoms with E-state index in [1.54, 1.807) is 34.8 Å². The molecule has 0 saturated carbocycles. The number of para-hydroxylation sites is 2. The number of ether oxygens (including phenoxy) is 2. The second-order valence-corrected chi connectivity index (χ2v) is 10.8. The SMILES string of the molecule is CCN(CC)C(=O)C1=C(C)N=c2s/c(=C/c3ccccc3OCc3ccc(F)cc3)c(=O)n2C1c1ccccc1OC. The van der Waals surface area contributed by atoms with E-state index in [2.05, 4.69) is 0 Å². The molecule has 1 amide bonds. The largest absolute Gasteiger partial charge is 0.496 e. The maximum Gasteiger partial charge on any atom is 0.271 e. The molecule has 1 aliphatic heterocycles. The second kappa shape index (κ2) is 12.6. The molecule has 0 spiro atoms. The number of methoxy groups -OCH3 is 1. The number of rotatable bonds is 9. The lowest BCUT2D eigenvalue weighted by molar-refractivity contribution is -0.127. The van der Waals surface area contributed by atoms with E-state index in [9.17, 15) is 14.0 Å². The predicted octanol–water partition coefficient (Wildman–Crippen LogP) is 4.83. The molecular weight excluding hydrogens is 553 g/mol. The molecule has 2 heterocycles. The Balaban J connectivity index is 1.63. The number of amides is 1. The number of nitrogens with zero attached hydrogens (tertiary/aromatic N) is 3. The molecule has 0 saturated heterocycles. The summed E-state index contributed by atoms with van der Waals surface area (Å²) in [5, 5.41) is 0. The zero-order chi connectivity index (χ0) is 29.8. The van der Waals surface area contributed by atoms with E-state index in [-0.39, 0.29) is 23.9 Å². The number of carbonyl (C=O) groups excluding carboxylic acids is 1. The molecule has 0 aliphatic carbocycles. The van der Waals surface area contributed by atoms with E-state index >= 15 is 0 Å². The summed E-state index contributed by atoms with van der Waals surface area (Å²) in [7, 11) is 1.58. The number of benzene rings is 3. The van der Waals surface area contributed by atoms with Gasteiger partial charge in [-0.25, -0.2) is 9.38 Å². The summed E-state index contributed by atoms with van der Waals surface area (Å²) in [4.78, 5) is 34.9. The van der Waals surface area contributed by atoms with Crippen molar-refractivity contribution in [2.24, 2.45) is 4.99 Å². The number of allylic oxidation sites excluding steroid dienone is 1. The fourth-order valence-corrected chi connectivity index (χ4v) is 6.11. The van der Waals surface area contributed by atoms with Gasteiger partial charge in [0.2, 0.25) is 0 Å². The van der Waals surface area contributed by atoms with Gasteiger partial charge in [-0.05, 0) is 56.7 Å². The van der Waals surface area contributed by atoms with Gasteiger partial charge in [0.1, 0.15) is 30.0 Å². The van der Waals surface area contributed by atoms with Gasteiger partial charge in [0.25, 0.3) is 11.5 Å². The van der Waals surface area contributed by atoms with Gasteiger partial charge >= 0.3 is 0 Å². The molecule has 0 radical (unpaired) electrons. The quantitative estimate of drug-likeness (QED) is 0.282. The molecule has 9 heteroatoms. The summed E-state index contributed by atoms with van der Waals surface area (Å²) < 4.78 is 27.1. The van der Waals surface area contributed by atoms with Crippen molar-refractivity contribution in [1.29, 1.82) is 0 Å². The Kier molecular flexibility index (Phi) is 8.68. The van der Waals surface area contributed by atoms with Crippen LogP contribution in [-0.4, -0.2) is 35.6 Å². The number of hydrogen-bond donors (Lipinski definition) is 0. The first-order valence-corrected chi connectivity index (χ1v) is 14.6. The van der Waals surface area contributed by atoms with Crippen molar-refractivity contribution in [3.63, 3.8) is 0 Å². The fraction of sp³-hybridized carbons (Fsp3) is 0.242. The van der Waals surface area contributed by atoms with Crippen molar-refractivity contribution in [3.8, 4) is 11.5 Å². The topological polar surface area (TPSA) is 73.1 Å². The van der Waals surface area contributed by atoms with Gasteiger partial charge in [0.15, 0.2) is 4.80 Å². The molecule has 5 rings (SSSR count). The number of carbonyl (C=O) groups is 1. The van der Waals surface area contributed by atoms with Gasteiger partial charge < -0.3 is 14.4 Å². The highest BCUT2D eigenvalue weighted by Gasteiger charge is 2.35. The van der Waals surface area contributed by atoms with Crippen LogP contribution in [0.4, 0.5) is 4.39 Å².